The number of aromatic nitrogens is 1. The molecule has 0 N–H and O–H groups in total. The quantitative estimate of drug-likeness (QED) is 0.533. The number of amides is 1. The molecule has 9 heteroatoms. The van der Waals surface area contributed by atoms with Crippen LogP contribution in [0, 0.1) is 23.5 Å². The number of benzene rings is 2. The minimum Gasteiger partial charge on any atom is -0.490 e. The molecule has 5 rings (SSSR count). The fraction of sp³-hybridized carbons (Fsp3) is 0.240. The van der Waals surface area contributed by atoms with Crippen molar-refractivity contribution in [2.75, 3.05) is 26.3 Å². The molecule has 1 amide bonds. The van der Waals surface area contributed by atoms with Crippen LogP contribution in [0.1, 0.15) is 15.9 Å². The number of hydrogen-bond donors (Lipinski definition) is 0. The molecule has 1 fully saturated rings. The van der Waals surface area contributed by atoms with E-state index in [2.05, 4.69) is 4.98 Å². The van der Waals surface area contributed by atoms with Gasteiger partial charge in [0.1, 0.15) is 18.2 Å². The molecule has 0 unspecified atom stereocenters. The highest BCUT2D eigenvalue weighted by atomic mass is 19.1. The van der Waals surface area contributed by atoms with Gasteiger partial charge in [-0.05, 0) is 35.9 Å². The predicted octanol–water partition coefficient (Wildman–Crippen LogP) is 3.82. The summed E-state index contributed by atoms with van der Waals surface area (Å²) in [5.41, 5.74) is 1.51. The first-order valence-corrected chi connectivity index (χ1v) is 10.7. The fourth-order valence-corrected chi connectivity index (χ4v) is 4.02. The van der Waals surface area contributed by atoms with E-state index in [-0.39, 0.29) is 48.4 Å². The standard InChI is InChI=1S/C25H19F3N2O4/c26-20-8-23-17(5-18(31)13-34-23)6-19(20)25(32)30-10-14(11-30)12-33-22-3-1-15(7-21(22)27)16-2-4-24(28)29-9-16/h1-4,6-9,14H,5,10-13H2. The summed E-state index contributed by atoms with van der Waals surface area (Å²) < 4.78 is 52.7. The molecule has 3 heterocycles. The number of halogens is 3. The van der Waals surface area contributed by atoms with E-state index in [0.29, 0.717) is 29.8 Å². The van der Waals surface area contributed by atoms with Crippen molar-refractivity contribution in [3.8, 4) is 22.6 Å². The van der Waals surface area contributed by atoms with E-state index in [1.165, 1.54) is 41.4 Å². The van der Waals surface area contributed by atoms with Crippen molar-refractivity contribution in [1.82, 2.24) is 9.88 Å². The van der Waals surface area contributed by atoms with Gasteiger partial charge in [-0.25, -0.2) is 13.8 Å². The highest BCUT2D eigenvalue weighted by Gasteiger charge is 2.34. The highest BCUT2D eigenvalue weighted by molar-refractivity contribution is 5.96. The van der Waals surface area contributed by atoms with Gasteiger partial charge >= 0.3 is 0 Å². The van der Waals surface area contributed by atoms with Crippen LogP contribution < -0.4 is 9.47 Å². The lowest BCUT2D eigenvalue weighted by atomic mass is 9.97. The van der Waals surface area contributed by atoms with Gasteiger partial charge in [-0.2, -0.15) is 4.39 Å². The van der Waals surface area contributed by atoms with Crippen LogP contribution in [-0.4, -0.2) is 47.9 Å². The normalized spacial score (nSPS) is 15.4. The molecule has 2 aliphatic rings. The molecule has 0 spiro atoms. The number of rotatable bonds is 5. The molecule has 0 saturated carbocycles. The second-order valence-electron chi connectivity index (χ2n) is 8.35. The topological polar surface area (TPSA) is 68.7 Å². The summed E-state index contributed by atoms with van der Waals surface area (Å²) in [5.74, 6) is -2.17. The average molecular weight is 468 g/mol. The van der Waals surface area contributed by atoms with E-state index < -0.39 is 23.5 Å². The Morgan fingerprint density at radius 2 is 1.85 bits per heavy atom. The van der Waals surface area contributed by atoms with Gasteiger partial charge in [-0.1, -0.05) is 6.07 Å². The number of ether oxygens (including phenoxy) is 2. The molecule has 3 aromatic rings. The summed E-state index contributed by atoms with van der Waals surface area (Å²) in [6.07, 6.45) is 1.43. The number of nitrogens with zero attached hydrogens (tertiary/aromatic N) is 2. The predicted molar refractivity (Wildman–Crippen MR) is 115 cm³/mol. The van der Waals surface area contributed by atoms with Crippen molar-refractivity contribution >= 4 is 11.7 Å². The Morgan fingerprint density at radius 3 is 2.59 bits per heavy atom. The van der Waals surface area contributed by atoms with Gasteiger partial charge < -0.3 is 14.4 Å². The number of ketones is 1. The average Bonchev–Trinajstić information content (AvgIpc) is 2.79. The van der Waals surface area contributed by atoms with E-state index in [1.807, 2.05) is 0 Å². The van der Waals surface area contributed by atoms with Crippen molar-refractivity contribution in [2.24, 2.45) is 5.92 Å². The number of fused-ring (bicyclic) bond motifs is 1. The lowest BCUT2D eigenvalue weighted by molar-refractivity contribution is -0.121. The number of hydrogen-bond acceptors (Lipinski definition) is 5. The van der Waals surface area contributed by atoms with Crippen molar-refractivity contribution in [1.29, 1.82) is 0 Å². The fourth-order valence-electron chi connectivity index (χ4n) is 4.02. The maximum Gasteiger partial charge on any atom is 0.256 e. The summed E-state index contributed by atoms with van der Waals surface area (Å²) in [4.78, 5) is 29.3. The third kappa shape index (κ3) is 4.33. The van der Waals surface area contributed by atoms with Gasteiger partial charge in [0.05, 0.1) is 12.2 Å². The molecule has 1 saturated heterocycles. The second kappa shape index (κ2) is 8.81. The van der Waals surface area contributed by atoms with Crippen LogP contribution in [0.25, 0.3) is 11.1 Å². The van der Waals surface area contributed by atoms with E-state index in [0.717, 1.165) is 6.07 Å². The number of likely N-dealkylation sites (tertiary alicyclic amines) is 1. The van der Waals surface area contributed by atoms with Crippen molar-refractivity contribution < 1.29 is 32.2 Å². The Hall–Kier alpha value is -3.88. The molecule has 1 aromatic heterocycles. The van der Waals surface area contributed by atoms with Crippen LogP contribution in [0.2, 0.25) is 0 Å². The monoisotopic (exact) mass is 468 g/mol. The molecule has 2 aliphatic heterocycles. The van der Waals surface area contributed by atoms with E-state index in [4.69, 9.17) is 9.47 Å². The Labute approximate surface area is 192 Å². The zero-order valence-corrected chi connectivity index (χ0v) is 17.9. The summed E-state index contributed by atoms with van der Waals surface area (Å²) in [5, 5.41) is 0. The minimum absolute atomic E-state index is 0.0325. The Bertz CT molecular complexity index is 1270. The van der Waals surface area contributed by atoms with Gasteiger partial charge in [-0.15, -0.1) is 0 Å². The molecule has 0 atom stereocenters. The third-order valence-corrected chi connectivity index (χ3v) is 5.87. The largest absolute Gasteiger partial charge is 0.490 e. The van der Waals surface area contributed by atoms with Crippen molar-refractivity contribution in [3.05, 3.63) is 77.4 Å². The lowest BCUT2D eigenvalue weighted by Crippen LogP contribution is -2.52. The Morgan fingerprint density at radius 1 is 1.06 bits per heavy atom. The first kappa shape index (κ1) is 21.9. The number of pyridine rings is 1. The van der Waals surface area contributed by atoms with Crippen molar-refractivity contribution in [3.63, 3.8) is 0 Å². The van der Waals surface area contributed by atoms with Gasteiger partial charge in [0.25, 0.3) is 5.91 Å². The molecule has 34 heavy (non-hydrogen) atoms. The molecular formula is C25H19F3N2O4. The van der Waals surface area contributed by atoms with Gasteiger partial charge in [-0.3, -0.25) is 9.59 Å². The van der Waals surface area contributed by atoms with Crippen LogP contribution in [-0.2, 0) is 11.2 Å². The first-order valence-electron chi connectivity index (χ1n) is 10.7. The molecule has 6 nitrogen and oxygen atoms in total. The number of carbonyl (C=O) groups is 2. The van der Waals surface area contributed by atoms with E-state index >= 15 is 0 Å². The molecule has 2 aromatic carbocycles. The lowest BCUT2D eigenvalue weighted by Gasteiger charge is -2.39. The molecular weight excluding hydrogens is 449 g/mol. The summed E-state index contributed by atoms with van der Waals surface area (Å²) in [6, 6.07) is 9.65. The van der Waals surface area contributed by atoms with Crippen LogP contribution in [0.5, 0.6) is 11.5 Å². The van der Waals surface area contributed by atoms with Crippen LogP contribution in [0.15, 0.2) is 48.7 Å². The molecule has 0 bridgehead atoms. The van der Waals surface area contributed by atoms with Gasteiger partial charge in [0, 0.05) is 48.8 Å². The second-order valence-corrected chi connectivity index (χ2v) is 8.35. The van der Waals surface area contributed by atoms with E-state index in [1.54, 1.807) is 6.07 Å². The number of carbonyl (C=O) groups excluding carboxylic acids is 2. The van der Waals surface area contributed by atoms with Crippen LogP contribution >= 0.6 is 0 Å². The molecule has 0 radical (unpaired) electrons. The van der Waals surface area contributed by atoms with Crippen molar-refractivity contribution in [2.45, 2.75) is 6.42 Å². The van der Waals surface area contributed by atoms with Gasteiger partial charge in [0.15, 0.2) is 17.3 Å². The summed E-state index contributed by atoms with van der Waals surface area (Å²) in [7, 11) is 0. The van der Waals surface area contributed by atoms with Crippen LogP contribution in [0.4, 0.5) is 13.2 Å². The Balaban J connectivity index is 1.17. The first-order chi connectivity index (χ1) is 16.4. The summed E-state index contributed by atoms with van der Waals surface area (Å²) >= 11 is 0. The zero-order valence-electron chi connectivity index (χ0n) is 17.9. The SMILES string of the molecule is O=C1COc2cc(F)c(C(=O)N3CC(COc4ccc(-c5ccc(F)nc5)cc4F)C3)cc2C1. The zero-order chi connectivity index (χ0) is 23.8. The van der Waals surface area contributed by atoms with Crippen LogP contribution in [0.3, 0.4) is 0 Å². The van der Waals surface area contributed by atoms with E-state index in [9.17, 15) is 22.8 Å². The molecule has 174 valence electrons. The number of Topliss-reactive ketones (excluding diaryl/α,β-unsaturated/α-hetero) is 1. The third-order valence-electron chi connectivity index (χ3n) is 5.87. The molecule has 0 aliphatic carbocycles. The maximum atomic E-state index is 14.5. The maximum absolute atomic E-state index is 14.5. The highest BCUT2D eigenvalue weighted by Crippen LogP contribution is 2.30. The summed E-state index contributed by atoms with van der Waals surface area (Å²) in [6.45, 7) is 0.769. The Kier molecular flexibility index (Phi) is 5.69. The smallest absolute Gasteiger partial charge is 0.256 e. The van der Waals surface area contributed by atoms with Gasteiger partial charge in [0.2, 0.25) is 5.95 Å². The minimum atomic E-state index is -0.698.